The second-order valence-corrected chi connectivity index (χ2v) is 4.12. The molecule has 0 bridgehead atoms. The maximum Gasteiger partial charge on any atom is -0.0211 e. The van der Waals surface area contributed by atoms with E-state index < -0.39 is 0 Å². The molecule has 0 heterocycles. The molecule has 0 spiro atoms. The van der Waals surface area contributed by atoms with Crippen molar-refractivity contribution in [3.63, 3.8) is 0 Å². The number of hydrogen-bond acceptors (Lipinski definition) is 0. The fourth-order valence-corrected chi connectivity index (χ4v) is 1.25. The number of allylic oxidation sites excluding steroid dienone is 2. The molecule has 72 valence electrons. The Morgan fingerprint density at radius 3 is 2.25 bits per heavy atom. The van der Waals surface area contributed by atoms with Crippen LogP contribution in [0.1, 0.15) is 53.9 Å². The average molecular weight is 168 g/mol. The van der Waals surface area contributed by atoms with Gasteiger partial charge in [0.15, 0.2) is 0 Å². The molecule has 0 aliphatic heterocycles. The van der Waals surface area contributed by atoms with Gasteiger partial charge >= 0.3 is 0 Å². The first-order valence-corrected chi connectivity index (χ1v) is 5.26. The summed E-state index contributed by atoms with van der Waals surface area (Å²) in [6, 6.07) is 0. The predicted molar refractivity (Wildman–Crippen MR) is 57.3 cm³/mol. The first-order valence-electron chi connectivity index (χ1n) is 5.26. The molecule has 0 heteroatoms. The highest BCUT2D eigenvalue weighted by atomic mass is 14.1. The molecule has 0 N–H and O–H groups in total. The molecular weight excluding hydrogens is 144 g/mol. The monoisotopic (exact) mass is 168 g/mol. The van der Waals surface area contributed by atoms with Crippen LogP contribution >= 0.6 is 0 Å². The van der Waals surface area contributed by atoms with Gasteiger partial charge in [0.25, 0.3) is 0 Å². The Morgan fingerprint density at radius 1 is 1.25 bits per heavy atom. The predicted octanol–water partition coefficient (Wildman–Crippen LogP) is 4.42. The molecule has 0 aliphatic rings. The molecule has 0 fully saturated rings. The van der Waals surface area contributed by atoms with Crippen molar-refractivity contribution in [2.75, 3.05) is 0 Å². The molecule has 0 radical (unpaired) electrons. The lowest BCUT2D eigenvalue weighted by atomic mass is 9.90. The topological polar surface area (TPSA) is 0 Å². The van der Waals surface area contributed by atoms with Crippen molar-refractivity contribution in [3.05, 3.63) is 11.6 Å². The zero-order chi connectivity index (χ0) is 9.56. The Labute approximate surface area is 78.1 Å². The van der Waals surface area contributed by atoms with Crippen LogP contribution in [0.5, 0.6) is 0 Å². The fourth-order valence-electron chi connectivity index (χ4n) is 1.25. The molecule has 1 atom stereocenters. The van der Waals surface area contributed by atoms with E-state index in [0.717, 1.165) is 11.8 Å². The molecule has 0 saturated carbocycles. The largest absolute Gasteiger partial charge is 0.0853 e. The normalized spacial score (nSPS) is 15.3. The van der Waals surface area contributed by atoms with Crippen molar-refractivity contribution in [2.24, 2.45) is 11.8 Å². The SMILES string of the molecule is CCCCC=C(C)C(C)C(C)C. The van der Waals surface area contributed by atoms with Crippen LogP contribution in [-0.2, 0) is 0 Å². The molecule has 1 unspecified atom stereocenters. The Hall–Kier alpha value is -0.260. The van der Waals surface area contributed by atoms with Crippen LogP contribution in [0.2, 0.25) is 0 Å². The summed E-state index contributed by atoms with van der Waals surface area (Å²) in [5.41, 5.74) is 1.57. The van der Waals surface area contributed by atoms with Gasteiger partial charge in [-0.2, -0.15) is 0 Å². The standard InChI is InChI=1S/C12H24/c1-6-7-8-9-11(4)12(5)10(2)3/h9-10,12H,6-8H2,1-5H3. The van der Waals surface area contributed by atoms with E-state index in [2.05, 4.69) is 40.7 Å². The molecule has 0 aromatic carbocycles. The minimum Gasteiger partial charge on any atom is -0.0853 e. The lowest BCUT2D eigenvalue weighted by molar-refractivity contribution is 0.478. The Morgan fingerprint density at radius 2 is 1.83 bits per heavy atom. The first-order chi connectivity index (χ1) is 5.59. The minimum absolute atomic E-state index is 0.752. The summed E-state index contributed by atoms with van der Waals surface area (Å²) >= 11 is 0. The number of hydrogen-bond donors (Lipinski definition) is 0. The van der Waals surface area contributed by atoms with Crippen LogP contribution in [0, 0.1) is 11.8 Å². The van der Waals surface area contributed by atoms with E-state index in [4.69, 9.17) is 0 Å². The highest BCUT2D eigenvalue weighted by Gasteiger charge is 2.07. The van der Waals surface area contributed by atoms with E-state index in [0.29, 0.717) is 0 Å². The van der Waals surface area contributed by atoms with Crippen LogP contribution < -0.4 is 0 Å². The maximum absolute atomic E-state index is 2.41. The second kappa shape index (κ2) is 6.28. The molecule has 0 rings (SSSR count). The van der Waals surface area contributed by atoms with E-state index in [-0.39, 0.29) is 0 Å². The van der Waals surface area contributed by atoms with Gasteiger partial charge in [-0.3, -0.25) is 0 Å². The Balaban J connectivity index is 3.82. The van der Waals surface area contributed by atoms with Gasteiger partial charge in [-0.15, -0.1) is 0 Å². The van der Waals surface area contributed by atoms with Gasteiger partial charge in [-0.25, -0.2) is 0 Å². The highest BCUT2D eigenvalue weighted by Crippen LogP contribution is 2.19. The van der Waals surface area contributed by atoms with E-state index >= 15 is 0 Å². The van der Waals surface area contributed by atoms with E-state index in [1.807, 2.05) is 0 Å². The average Bonchev–Trinajstić information content (AvgIpc) is 2.03. The van der Waals surface area contributed by atoms with Gasteiger partial charge in [0, 0.05) is 0 Å². The molecular formula is C12H24. The zero-order valence-electron chi connectivity index (χ0n) is 9.35. The molecule has 0 aromatic heterocycles. The Kier molecular flexibility index (Phi) is 6.14. The molecule has 0 saturated heterocycles. The van der Waals surface area contributed by atoms with Gasteiger partial charge in [0.05, 0.1) is 0 Å². The van der Waals surface area contributed by atoms with Crippen molar-refractivity contribution < 1.29 is 0 Å². The van der Waals surface area contributed by atoms with Crippen LogP contribution in [0.25, 0.3) is 0 Å². The molecule has 0 aromatic rings. The first kappa shape index (κ1) is 11.7. The third-order valence-corrected chi connectivity index (χ3v) is 2.74. The summed E-state index contributed by atoms with van der Waals surface area (Å²) < 4.78 is 0. The van der Waals surface area contributed by atoms with E-state index in [9.17, 15) is 0 Å². The third-order valence-electron chi connectivity index (χ3n) is 2.74. The number of unbranched alkanes of at least 4 members (excludes halogenated alkanes) is 2. The molecule has 12 heavy (non-hydrogen) atoms. The smallest absolute Gasteiger partial charge is 0.0211 e. The van der Waals surface area contributed by atoms with E-state index in [1.54, 1.807) is 5.57 Å². The van der Waals surface area contributed by atoms with Gasteiger partial charge < -0.3 is 0 Å². The van der Waals surface area contributed by atoms with Gasteiger partial charge in [-0.1, -0.05) is 52.2 Å². The van der Waals surface area contributed by atoms with Crippen LogP contribution in [0.15, 0.2) is 11.6 Å². The third kappa shape index (κ3) is 4.58. The lowest BCUT2D eigenvalue weighted by Crippen LogP contribution is -2.04. The summed E-state index contributed by atoms with van der Waals surface area (Å²) in [6.07, 6.45) is 6.32. The summed E-state index contributed by atoms with van der Waals surface area (Å²) in [4.78, 5) is 0. The van der Waals surface area contributed by atoms with Crippen molar-refractivity contribution >= 4 is 0 Å². The number of rotatable bonds is 5. The molecule has 0 nitrogen and oxygen atoms in total. The van der Waals surface area contributed by atoms with Gasteiger partial charge in [0.1, 0.15) is 0 Å². The summed E-state index contributed by atoms with van der Waals surface area (Å²) in [5.74, 6) is 1.53. The van der Waals surface area contributed by atoms with Crippen LogP contribution in [0.3, 0.4) is 0 Å². The summed E-state index contributed by atoms with van der Waals surface area (Å²) in [7, 11) is 0. The molecule has 0 aliphatic carbocycles. The fraction of sp³-hybridized carbons (Fsp3) is 0.833. The van der Waals surface area contributed by atoms with Crippen LogP contribution in [0.4, 0.5) is 0 Å². The second-order valence-electron chi connectivity index (χ2n) is 4.12. The lowest BCUT2D eigenvalue weighted by Gasteiger charge is -2.16. The van der Waals surface area contributed by atoms with Crippen molar-refractivity contribution in [3.8, 4) is 0 Å². The maximum atomic E-state index is 2.41. The van der Waals surface area contributed by atoms with Crippen LogP contribution in [-0.4, -0.2) is 0 Å². The van der Waals surface area contributed by atoms with Crippen molar-refractivity contribution in [1.29, 1.82) is 0 Å². The molecule has 0 amide bonds. The quantitative estimate of drug-likeness (QED) is 0.421. The highest BCUT2D eigenvalue weighted by molar-refractivity contribution is 5.02. The summed E-state index contributed by atoms with van der Waals surface area (Å²) in [5, 5.41) is 0. The zero-order valence-corrected chi connectivity index (χ0v) is 9.35. The van der Waals surface area contributed by atoms with Crippen molar-refractivity contribution in [1.82, 2.24) is 0 Å². The summed E-state index contributed by atoms with van der Waals surface area (Å²) in [6.45, 7) is 11.4. The van der Waals surface area contributed by atoms with Crippen molar-refractivity contribution in [2.45, 2.75) is 53.9 Å². The minimum atomic E-state index is 0.752. The van der Waals surface area contributed by atoms with Gasteiger partial charge in [-0.05, 0) is 25.2 Å². The van der Waals surface area contributed by atoms with E-state index in [1.165, 1.54) is 19.3 Å². The van der Waals surface area contributed by atoms with Gasteiger partial charge in [0.2, 0.25) is 0 Å². The Bertz CT molecular complexity index is 131.